The lowest BCUT2D eigenvalue weighted by Crippen LogP contribution is -2.20. The lowest BCUT2D eigenvalue weighted by molar-refractivity contribution is -0.119. The average molecular weight is 489 g/mol. The summed E-state index contributed by atoms with van der Waals surface area (Å²) < 4.78 is 0. The highest BCUT2D eigenvalue weighted by Crippen LogP contribution is 2.28. The van der Waals surface area contributed by atoms with Crippen molar-refractivity contribution >= 4 is 40.4 Å². The summed E-state index contributed by atoms with van der Waals surface area (Å²) in [6, 6.07) is 34.9. The van der Waals surface area contributed by atoms with E-state index in [2.05, 4.69) is 10.6 Å². The second-order valence-electron chi connectivity index (χ2n) is 8.18. The molecule has 0 heterocycles. The topological polar surface area (TPSA) is 41.1 Å². The lowest BCUT2D eigenvalue weighted by atomic mass is 9.95. The molecule has 4 rings (SSSR count). The molecule has 0 fully saturated rings. The van der Waals surface area contributed by atoms with E-state index in [0.717, 1.165) is 22.5 Å². The Morgan fingerprint density at radius 2 is 0.912 bits per heavy atom. The molecule has 0 unspecified atom stereocenters. The Morgan fingerprint density at radius 3 is 1.26 bits per heavy atom. The van der Waals surface area contributed by atoms with Gasteiger partial charge in [0.1, 0.15) is 5.78 Å². The Hall–Kier alpha value is -3.27. The molecule has 0 radical (unpaired) electrons. The zero-order chi connectivity index (χ0) is 23.8. The Bertz CT molecular complexity index is 1090. The Kier molecular flexibility index (Phi) is 8.24. The van der Waals surface area contributed by atoms with Crippen LogP contribution in [0, 0.1) is 0 Å². The maximum absolute atomic E-state index is 13.4. The van der Waals surface area contributed by atoms with Crippen LogP contribution >= 0.6 is 23.2 Å². The van der Waals surface area contributed by atoms with Crippen LogP contribution in [-0.4, -0.2) is 5.78 Å². The summed E-state index contributed by atoms with van der Waals surface area (Å²) >= 11 is 12.1. The molecule has 4 aromatic carbocycles. The lowest BCUT2D eigenvalue weighted by Gasteiger charge is -2.23. The highest BCUT2D eigenvalue weighted by molar-refractivity contribution is 6.30. The molecule has 4 aromatic rings. The van der Waals surface area contributed by atoms with Crippen LogP contribution in [0.3, 0.4) is 0 Å². The summed E-state index contributed by atoms with van der Waals surface area (Å²) in [5.41, 5.74) is 3.97. The number of ketones is 1. The van der Waals surface area contributed by atoms with E-state index in [9.17, 15) is 4.79 Å². The summed E-state index contributed by atoms with van der Waals surface area (Å²) in [5, 5.41) is 8.37. The maximum Gasteiger partial charge on any atom is 0.137 e. The van der Waals surface area contributed by atoms with Gasteiger partial charge in [-0.05, 0) is 59.7 Å². The number of carbonyl (C=O) groups excluding carboxylic acids is 1. The van der Waals surface area contributed by atoms with Crippen molar-refractivity contribution in [2.75, 3.05) is 10.6 Å². The van der Waals surface area contributed by atoms with Crippen LogP contribution in [0.5, 0.6) is 0 Å². The van der Waals surface area contributed by atoms with Gasteiger partial charge >= 0.3 is 0 Å². The normalized spacial score (nSPS) is 12.5. The van der Waals surface area contributed by atoms with Gasteiger partial charge in [0.15, 0.2) is 0 Å². The molecule has 0 amide bonds. The number of Topliss-reactive ketones (excluding diaryl/α,β-unsaturated/α-hetero) is 1. The molecule has 3 nitrogen and oxygen atoms in total. The second-order valence-corrected chi connectivity index (χ2v) is 9.05. The Morgan fingerprint density at radius 1 is 0.559 bits per heavy atom. The van der Waals surface area contributed by atoms with Crippen LogP contribution in [0.15, 0.2) is 109 Å². The first-order chi connectivity index (χ1) is 16.6. The van der Waals surface area contributed by atoms with Crippen molar-refractivity contribution in [3.63, 3.8) is 0 Å². The van der Waals surface area contributed by atoms with E-state index >= 15 is 0 Å². The van der Waals surface area contributed by atoms with Crippen molar-refractivity contribution < 1.29 is 4.79 Å². The molecule has 34 heavy (non-hydrogen) atoms. The molecule has 2 atom stereocenters. The largest absolute Gasteiger partial charge is 0.378 e. The third kappa shape index (κ3) is 6.86. The van der Waals surface area contributed by atoms with Crippen molar-refractivity contribution in [3.8, 4) is 0 Å². The van der Waals surface area contributed by atoms with Crippen LogP contribution in [0.1, 0.15) is 36.1 Å². The number of rotatable bonds is 10. The molecule has 172 valence electrons. The number of benzene rings is 4. The van der Waals surface area contributed by atoms with Crippen molar-refractivity contribution in [2.24, 2.45) is 0 Å². The summed E-state index contributed by atoms with van der Waals surface area (Å²) in [7, 11) is 0. The zero-order valence-corrected chi connectivity index (χ0v) is 20.1. The second kappa shape index (κ2) is 11.7. The van der Waals surface area contributed by atoms with Crippen LogP contribution in [0.4, 0.5) is 11.4 Å². The van der Waals surface area contributed by atoms with Crippen molar-refractivity contribution in [1.29, 1.82) is 0 Å². The number of carbonyl (C=O) groups is 1. The minimum atomic E-state index is -0.151. The predicted molar refractivity (Wildman–Crippen MR) is 143 cm³/mol. The number of hydrogen-bond acceptors (Lipinski definition) is 3. The average Bonchev–Trinajstić information content (AvgIpc) is 2.87. The van der Waals surface area contributed by atoms with Gasteiger partial charge in [-0.1, -0.05) is 83.9 Å². The minimum Gasteiger partial charge on any atom is -0.378 e. The van der Waals surface area contributed by atoms with E-state index in [1.807, 2.05) is 109 Å². The molecule has 2 N–H and O–H groups in total. The van der Waals surface area contributed by atoms with Gasteiger partial charge in [0.25, 0.3) is 0 Å². The highest BCUT2D eigenvalue weighted by atomic mass is 35.5. The molecule has 5 heteroatoms. The van der Waals surface area contributed by atoms with E-state index in [1.54, 1.807) is 0 Å². The van der Waals surface area contributed by atoms with Crippen molar-refractivity contribution in [1.82, 2.24) is 0 Å². The Balaban J connectivity index is 1.52. The summed E-state index contributed by atoms with van der Waals surface area (Å²) in [5.74, 6) is 0.158. The quantitative estimate of drug-likeness (QED) is 0.235. The summed E-state index contributed by atoms with van der Waals surface area (Å²) in [6.07, 6.45) is 0.719. The smallest absolute Gasteiger partial charge is 0.137 e. The molecular weight excluding hydrogens is 463 g/mol. The van der Waals surface area contributed by atoms with Gasteiger partial charge in [0.2, 0.25) is 0 Å². The summed E-state index contributed by atoms with van der Waals surface area (Å²) in [4.78, 5) is 13.4. The van der Waals surface area contributed by atoms with Crippen LogP contribution in [0.2, 0.25) is 10.0 Å². The molecule has 0 aliphatic carbocycles. The van der Waals surface area contributed by atoms with Gasteiger partial charge in [-0.3, -0.25) is 4.79 Å². The predicted octanol–water partition coefficient (Wildman–Crippen LogP) is 8.35. The van der Waals surface area contributed by atoms with Gasteiger partial charge in [-0.25, -0.2) is 0 Å². The van der Waals surface area contributed by atoms with Gasteiger partial charge in [0.05, 0.1) is 12.1 Å². The van der Waals surface area contributed by atoms with Crippen LogP contribution < -0.4 is 10.6 Å². The monoisotopic (exact) mass is 488 g/mol. The van der Waals surface area contributed by atoms with Crippen molar-refractivity contribution in [3.05, 3.63) is 130 Å². The fourth-order valence-electron chi connectivity index (χ4n) is 3.91. The van der Waals surface area contributed by atoms with Gasteiger partial charge in [-0.15, -0.1) is 0 Å². The molecule has 0 bridgehead atoms. The molecule has 0 aliphatic heterocycles. The molecule has 0 saturated heterocycles. The van der Waals surface area contributed by atoms with Crippen LogP contribution in [-0.2, 0) is 4.79 Å². The van der Waals surface area contributed by atoms with Gasteiger partial charge in [0, 0.05) is 34.3 Å². The van der Waals surface area contributed by atoms with E-state index < -0.39 is 0 Å². The fourth-order valence-corrected chi connectivity index (χ4v) is 4.16. The van der Waals surface area contributed by atoms with Gasteiger partial charge in [-0.2, -0.15) is 0 Å². The zero-order valence-electron chi connectivity index (χ0n) is 18.6. The third-order valence-corrected chi connectivity index (χ3v) is 6.14. The van der Waals surface area contributed by atoms with E-state index in [4.69, 9.17) is 23.2 Å². The highest BCUT2D eigenvalue weighted by Gasteiger charge is 2.21. The SMILES string of the molecule is O=C(C[C@H](Nc1ccc(Cl)cc1)c1ccccc1)C[C@@H](Nc1ccc(Cl)cc1)c1ccccc1. The van der Waals surface area contributed by atoms with Crippen LogP contribution in [0.25, 0.3) is 0 Å². The van der Waals surface area contributed by atoms with E-state index in [0.29, 0.717) is 22.9 Å². The first-order valence-electron chi connectivity index (χ1n) is 11.2. The van der Waals surface area contributed by atoms with E-state index in [-0.39, 0.29) is 17.9 Å². The number of halogens is 2. The third-order valence-electron chi connectivity index (χ3n) is 5.64. The number of anilines is 2. The molecule has 0 aliphatic rings. The Labute approximate surface area is 210 Å². The van der Waals surface area contributed by atoms with Crippen molar-refractivity contribution in [2.45, 2.75) is 24.9 Å². The maximum atomic E-state index is 13.4. The number of hydrogen-bond donors (Lipinski definition) is 2. The fraction of sp³-hybridized carbons (Fsp3) is 0.138. The number of nitrogens with one attached hydrogen (secondary N) is 2. The molecule has 0 saturated carbocycles. The molecular formula is C29H26Cl2N2O. The molecule has 0 spiro atoms. The first kappa shape index (κ1) is 23.9. The first-order valence-corrected chi connectivity index (χ1v) is 12.0. The van der Waals surface area contributed by atoms with E-state index in [1.165, 1.54) is 0 Å². The summed E-state index contributed by atoms with van der Waals surface area (Å²) in [6.45, 7) is 0. The standard InChI is InChI=1S/C29H26Cl2N2O/c30-23-11-15-25(16-12-23)32-28(21-7-3-1-4-8-21)19-27(34)20-29(22-9-5-2-6-10-22)33-26-17-13-24(31)14-18-26/h1-18,28-29,32-33H,19-20H2/t28-,29+. The minimum absolute atomic E-state index is 0.151. The molecule has 0 aromatic heterocycles. The van der Waals surface area contributed by atoms with Gasteiger partial charge < -0.3 is 10.6 Å².